The van der Waals surface area contributed by atoms with Gasteiger partial charge in [-0.2, -0.15) is 0 Å². The number of aliphatic hydroxyl groups excluding tert-OH is 1. The summed E-state index contributed by atoms with van der Waals surface area (Å²) in [7, 11) is 0. The van der Waals surface area contributed by atoms with Crippen LogP contribution in [-0.2, 0) is 4.74 Å². The Kier molecular flexibility index (Phi) is 7.61. The molecule has 2 rings (SSSR count). The molecule has 144 valence electrons. The van der Waals surface area contributed by atoms with E-state index in [1.807, 2.05) is 6.92 Å². The summed E-state index contributed by atoms with van der Waals surface area (Å²) in [5, 5.41) is 22.1. The predicted octanol–water partition coefficient (Wildman–Crippen LogP) is 4.51. The lowest BCUT2D eigenvalue weighted by Gasteiger charge is -2.25. The highest BCUT2D eigenvalue weighted by molar-refractivity contribution is 14.1. The van der Waals surface area contributed by atoms with E-state index in [9.17, 15) is 19.8 Å². The average Bonchev–Trinajstić information content (AvgIpc) is 2.62. The molecule has 2 aromatic rings. The molecular weight excluding hydrogens is 461 g/mol. The zero-order valence-electron chi connectivity index (χ0n) is 15.1. The van der Waals surface area contributed by atoms with Crippen LogP contribution in [0.3, 0.4) is 0 Å². The number of hydrogen-bond donors (Lipinski definition) is 3. The molecule has 0 aromatic heterocycles. The van der Waals surface area contributed by atoms with Crippen molar-refractivity contribution in [3.05, 3.63) is 57.2 Å². The molecule has 0 aliphatic heterocycles. The number of phenolic OH excluding ortho intramolecular Hbond substituents is 1. The minimum Gasteiger partial charge on any atom is -0.508 e. The Morgan fingerprint density at radius 3 is 2.44 bits per heavy atom. The van der Waals surface area contributed by atoms with Crippen LogP contribution in [0.1, 0.15) is 42.3 Å². The molecule has 0 fully saturated rings. The SMILES string of the molecule is CC(=O)c1ccc(NC(=O)O[C@@H](c2cc(I)ccc2O)[C@H](C)CCO)cc1. The van der Waals surface area contributed by atoms with Gasteiger partial charge in [-0.05, 0) is 84.3 Å². The van der Waals surface area contributed by atoms with E-state index in [2.05, 4.69) is 27.9 Å². The van der Waals surface area contributed by atoms with E-state index in [1.54, 1.807) is 42.5 Å². The molecule has 2 aromatic carbocycles. The molecule has 0 aliphatic rings. The number of ether oxygens (including phenoxy) is 1. The van der Waals surface area contributed by atoms with Crippen LogP contribution in [-0.4, -0.2) is 28.7 Å². The number of carbonyl (C=O) groups excluding carboxylic acids is 2. The van der Waals surface area contributed by atoms with E-state index in [1.165, 1.54) is 6.92 Å². The van der Waals surface area contributed by atoms with Crippen molar-refractivity contribution in [1.82, 2.24) is 0 Å². The standard InChI is InChI=1S/C20H22INO5/c1-12(9-10-23)19(17-11-15(21)5-8-18(17)25)27-20(26)22-16-6-3-14(4-7-16)13(2)24/h3-8,11-12,19,23,25H,9-10H2,1-2H3,(H,22,26)/t12-,19-/m1/s1. The van der Waals surface area contributed by atoms with Crippen LogP contribution in [0.4, 0.5) is 10.5 Å². The van der Waals surface area contributed by atoms with E-state index in [0.717, 1.165) is 3.57 Å². The van der Waals surface area contributed by atoms with Crippen molar-refractivity contribution < 1.29 is 24.5 Å². The Morgan fingerprint density at radius 1 is 1.19 bits per heavy atom. The number of Topliss-reactive ketones (excluding diaryl/α,β-unsaturated/α-hetero) is 1. The maximum Gasteiger partial charge on any atom is 0.412 e. The molecule has 2 atom stereocenters. The van der Waals surface area contributed by atoms with Crippen LogP contribution in [0, 0.1) is 9.49 Å². The van der Waals surface area contributed by atoms with Gasteiger partial charge in [0.05, 0.1) is 0 Å². The smallest absolute Gasteiger partial charge is 0.412 e. The van der Waals surface area contributed by atoms with Gasteiger partial charge < -0.3 is 14.9 Å². The molecule has 0 aliphatic carbocycles. The van der Waals surface area contributed by atoms with Crippen molar-refractivity contribution in [2.24, 2.45) is 5.92 Å². The fraction of sp³-hybridized carbons (Fsp3) is 0.300. The van der Waals surface area contributed by atoms with E-state index in [0.29, 0.717) is 23.2 Å². The highest BCUT2D eigenvalue weighted by Gasteiger charge is 2.26. The van der Waals surface area contributed by atoms with Crippen LogP contribution in [0.25, 0.3) is 0 Å². The average molecular weight is 483 g/mol. The zero-order valence-corrected chi connectivity index (χ0v) is 17.3. The predicted molar refractivity (Wildman–Crippen MR) is 111 cm³/mol. The third kappa shape index (κ3) is 5.93. The lowest BCUT2D eigenvalue weighted by Crippen LogP contribution is -2.22. The molecule has 0 saturated heterocycles. The zero-order chi connectivity index (χ0) is 20.0. The van der Waals surface area contributed by atoms with Gasteiger partial charge in [-0.25, -0.2) is 4.79 Å². The number of hydrogen-bond acceptors (Lipinski definition) is 5. The minimum atomic E-state index is -0.719. The molecular formula is C20H22INO5. The second kappa shape index (κ2) is 9.70. The molecule has 27 heavy (non-hydrogen) atoms. The minimum absolute atomic E-state index is 0.0313. The Balaban J connectivity index is 2.17. The summed E-state index contributed by atoms with van der Waals surface area (Å²) in [4.78, 5) is 23.7. The highest BCUT2D eigenvalue weighted by atomic mass is 127. The number of aromatic hydroxyl groups is 1. The fourth-order valence-electron chi connectivity index (χ4n) is 2.65. The van der Waals surface area contributed by atoms with Crippen molar-refractivity contribution in [1.29, 1.82) is 0 Å². The van der Waals surface area contributed by atoms with Crippen LogP contribution in [0.5, 0.6) is 5.75 Å². The summed E-state index contributed by atoms with van der Waals surface area (Å²) in [6.45, 7) is 3.26. The van der Waals surface area contributed by atoms with Crippen LogP contribution >= 0.6 is 22.6 Å². The number of phenols is 1. The molecule has 0 radical (unpaired) electrons. The van der Waals surface area contributed by atoms with Crippen LogP contribution in [0.2, 0.25) is 0 Å². The first-order valence-corrected chi connectivity index (χ1v) is 9.57. The number of ketones is 1. The number of nitrogens with one attached hydrogen (secondary N) is 1. The van der Waals surface area contributed by atoms with Gasteiger partial charge in [-0.1, -0.05) is 6.92 Å². The summed E-state index contributed by atoms with van der Waals surface area (Å²) >= 11 is 2.12. The molecule has 1 amide bonds. The van der Waals surface area contributed by atoms with Crippen molar-refractivity contribution in [3.63, 3.8) is 0 Å². The van der Waals surface area contributed by atoms with Gasteiger partial charge in [-0.15, -0.1) is 0 Å². The van der Waals surface area contributed by atoms with Crippen molar-refractivity contribution in [2.45, 2.75) is 26.4 Å². The Morgan fingerprint density at radius 2 is 1.85 bits per heavy atom. The first-order valence-electron chi connectivity index (χ1n) is 8.49. The number of benzene rings is 2. The fourth-order valence-corrected chi connectivity index (χ4v) is 3.16. The monoisotopic (exact) mass is 483 g/mol. The van der Waals surface area contributed by atoms with Gasteiger partial charge >= 0.3 is 6.09 Å². The quantitative estimate of drug-likeness (QED) is 0.398. The van der Waals surface area contributed by atoms with Gasteiger partial charge in [-0.3, -0.25) is 10.1 Å². The summed E-state index contributed by atoms with van der Waals surface area (Å²) in [5.74, 6) is -0.232. The number of anilines is 1. The lowest BCUT2D eigenvalue weighted by atomic mass is 9.94. The molecule has 3 N–H and O–H groups in total. The van der Waals surface area contributed by atoms with Gasteiger partial charge in [0.15, 0.2) is 5.78 Å². The summed E-state index contributed by atoms with van der Waals surface area (Å²) in [5.41, 5.74) is 1.53. The van der Waals surface area contributed by atoms with Crippen molar-refractivity contribution in [3.8, 4) is 5.75 Å². The van der Waals surface area contributed by atoms with E-state index < -0.39 is 12.2 Å². The third-order valence-corrected chi connectivity index (χ3v) is 4.84. The normalized spacial score (nSPS) is 12.9. The first-order chi connectivity index (χ1) is 12.8. The van der Waals surface area contributed by atoms with Crippen molar-refractivity contribution >= 4 is 40.2 Å². The molecule has 0 saturated carbocycles. The van der Waals surface area contributed by atoms with Gasteiger partial charge in [0.1, 0.15) is 11.9 Å². The van der Waals surface area contributed by atoms with E-state index in [-0.39, 0.29) is 24.1 Å². The Hall–Kier alpha value is -2.13. The maximum absolute atomic E-state index is 12.4. The van der Waals surface area contributed by atoms with E-state index in [4.69, 9.17) is 4.74 Å². The largest absolute Gasteiger partial charge is 0.508 e. The molecule has 6 nitrogen and oxygen atoms in total. The summed E-state index contributed by atoms with van der Waals surface area (Å²) in [6.07, 6.45) is -0.988. The Bertz CT molecular complexity index is 807. The van der Waals surface area contributed by atoms with Gasteiger partial charge in [0, 0.05) is 27.0 Å². The maximum atomic E-state index is 12.4. The first kappa shape index (κ1) is 21.2. The molecule has 0 spiro atoms. The molecule has 0 heterocycles. The summed E-state index contributed by atoms with van der Waals surface area (Å²) in [6, 6.07) is 11.5. The lowest BCUT2D eigenvalue weighted by molar-refractivity contribution is 0.0652. The van der Waals surface area contributed by atoms with Crippen LogP contribution in [0.15, 0.2) is 42.5 Å². The van der Waals surface area contributed by atoms with Crippen LogP contribution < -0.4 is 5.32 Å². The van der Waals surface area contributed by atoms with E-state index >= 15 is 0 Å². The van der Waals surface area contributed by atoms with Gasteiger partial charge in [0.25, 0.3) is 0 Å². The topological polar surface area (TPSA) is 95.9 Å². The molecule has 0 bridgehead atoms. The number of rotatable bonds is 7. The highest BCUT2D eigenvalue weighted by Crippen LogP contribution is 2.35. The number of carbonyl (C=O) groups is 2. The second-order valence-electron chi connectivity index (χ2n) is 6.28. The molecule has 7 heteroatoms. The number of amides is 1. The second-order valence-corrected chi connectivity index (χ2v) is 7.52. The van der Waals surface area contributed by atoms with Crippen molar-refractivity contribution in [2.75, 3.05) is 11.9 Å². The number of halogens is 1. The summed E-state index contributed by atoms with van der Waals surface area (Å²) < 4.78 is 6.47. The Labute approximate surface area is 171 Å². The third-order valence-electron chi connectivity index (χ3n) is 4.17. The van der Waals surface area contributed by atoms with Gasteiger partial charge in [0.2, 0.25) is 0 Å². The molecule has 0 unspecified atom stereocenters. The number of aliphatic hydroxyl groups is 1.